The summed E-state index contributed by atoms with van der Waals surface area (Å²) in [5, 5.41) is 10.7. The molecule has 0 atom stereocenters. The molecular weight excluding hydrogens is 308 g/mol. The summed E-state index contributed by atoms with van der Waals surface area (Å²) in [4.78, 5) is 17.1. The number of nitro benzene ring substituents is 1. The van der Waals surface area contributed by atoms with Crippen molar-refractivity contribution >= 4 is 28.9 Å². The van der Waals surface area contributed by atoms with Crippen LogP contribution in [-0.2, 0) is 0 Å². The van der Waals surface area contributed by atoms with E-state index in [-0.39, 0.29) is 5.69 Å². The Kier molecular flexibility index (Phi) is 4.30. The van der Waals surface area contributed by atoms with Crippen LogP contribution >= 0.6 is 11.3 Å². The second-order valence-electron chi connectivity index (χ2n) is 5.06. The molecule has 0 amide bonds. The van der Waals surface area contributed by atoms with E-state index in [0.717, 1.165) is 21.7 Å². The maximum absolute atomic E-state index is 10.7. The monoisotopic (exact) mass is 322 g/mol. The van der Waals surface area contributed by atoms with E-state index in [1.807, 2.05) is 30.5 Å². The maximum atomic E-state index is 10.7. The summed E-state index contributed by atoms with van der Waals surface area (Å²) in [6.07, 6.45) is 1.86. The maximum Gasteiger partial charge on any atom is 0.269 e. The van der Waals surface area contributed by atoms with Crippen LogP contribution in [0.15, 0.2) is 65.7 Å². The molecule has 0 aliphatic carbocycles. The SMILES string of the molecule is Cc1ccc(C=Nc2ccc(-c3ccc([N+](=O)[O-])cc3)cc2)s1. The second kappa shape index (κ2) is 6.54. The van der Waals surface area contributed by atoms with E-state index in [9.17, 15) is 10.1 Å². The zero-order valence-electron chi connectivity index (χ0n) is 12.5. The fourth-order valence-corrected chi connectivity index (χ4v) is 2.93. The van der Waals surface area contributed by atoms with Crippen molar-refractivity contribution in [2.75, 3.05) is 0 Å². The first kappa shape index (κ1) is 15.1. The molecule has 0 radical (unpaired) electrons. The molecule has 0 bridgehead atoms. The van der Waals surface area contributed by atoms with Crippen LogP contribution in [0.5, 0.6) is 0 Å². The Morgan fingerprint density at radius 2 is 1.57 bits per heavy atom. The molecule has 1 heterocycles. The zero-order chi connectivity index (χ0) is 16.2. The van der Waals surface area contributed by atoms with E-state index in [1.54, 1.807) is 23.5 Å². The van der Waals surface area contributed by atoms with Gasteiger partial charge in [-0.15, -0.1) is 11.3 Å². The van der Waals surface area contributed by atoms with Gasteiger partial charge in [0.25, 0.3) is 5.69 Å². The third-order valence-corrected chi connectivity index (χ3v) is 4.32. The van der Waals surface area contributed by atoms with Gasteiger partial charge in [0.15, 0.2) is 0 Å². The lowest BCUT2D eigenvalue weighted by atomic mass is 10.1. The summed E-state index contributed by atoms with van der Waals surface area (Å²) in [6.45, 7) is 2.07. The Morgan fingerprint density at radius 1 is 0.957 bits per heavy atom. The lowest BCUT2D eigenvalue weighted by Gasteiger charge is -2.02. The van der Waals surface area contributed by atoms with E-state index in [2.05, 4.69) is 24.0 Å². The van der Waals surface area contributed by atoms with Gasteiger partial charge in [0.2, 0.25) is 0 Å². The minimum Gasteiger partial charge on any atom is -0.258 e. The molecule has 0 aliphatic heterocycles. The molecule has 3 aromatic rings. The van der Waals surface area contributed by atoms with Crippen molar-refractivity contribution < 1.29 is 4.92 Å². The van der Waals surface area contributed by atoms with Gasteiger partial charge in [-0.3, -0.25) is 15.1 Å². The summed E-state index contributed by atoms with van der Waals surface area (Å²) in [5.41, 5.74) is 2.92. The number of hydrogen-bond acceptors (Lipinski definition) is 4. The Morgan fingerprint density at radius 3 is 2.09 bits per heavy atom. The van der Waals surface area contributed by atoms with Crippen molar-refractivity contribution in [2.24, 2.45) is 4.99 Å². The van der Waals surface area contributed by atoms with Gasteiger partial charge in [-0.1, -0.05) is 12.1 Å². The van der Waals surface area contributed by atoms with Gasteiger partial charge in [0.1, 0.15) is 0 Å². The van der Waals surface area contributed by atoms with Crippen LogP contribution in [0.3, 0.4) is 0 Å². The topological polar surface area (TPSA) is 55.5 Å². The highest BCUT2D eigenvalue weighted by atomic mass is 32.1. The van der Waals surface area contributed by atoms with Crippen LogP contribution in [0.25, 0.3) is 11.1 Å². The number of non-ortho nitro benzene ring substituents is 1. The van der Waals surface area contributed by atoms with Crippen LogP contribution < -0.4 is 0 Å². The highest BCUT2D eigenvalue weighted by Crippen LogP contribution is 2.25. The van der Waals surface area contributed by atoms with Gasteiger partial charge in [-0.25, -0.2) is 0 Å². The molecule has 1 aromatic heterocycles. The van der Waals surface area contributed by atoms with Crippen molar-refractivity contribution in [3.8, 4) is 11.1 Å². The molecule has 4 nitrogen and oxygen atoms in total. The summed E-state index contributed by atoms with van der Waals surface area (Å²) < 4.78 is 0. The van der Waals surface area contributed by atoms with Crippen LogP contribution in [0.4, 0.5) is 11.4 Å². The van der Waals surface area contributed by atoms with Gasteiger partial charge in [-0.05, 0) is 54.4 Å². The first-order valence-electron chi connectivity index (χ1n) is 7.07. The quantitative estimate of drug-likeness (QED) is 0.368. The number of aliphatic imine (C=N–C) groups is 1. The minimum absolute atomic E-state index is 0.0983. The number of nitro groups is 1. The smallest absolute Gasteiger partial charge is 0.258 e. The van der Waals surface area contributed by atoms with Crippen molar-refractivity contribution in [3.05, 3.63) is 80.5 Å². The fraction of sp³-hybridized carbons (Fsp3) is 0.0556. The lowest BCUT2D eigenvalue weighted by Crippen LogP contribution is -1.87. The average molecular weight is 322 g/mol. The van der Waals surface area contributed by atoms with E-state index in [0.29, 0.717) is 0 Å². The second-order valence-corrected chi connectivity index (χ2v) is 6.38. The standard InChI is InChI=1S/C18H14N2O2S/c1-13-2-11-18(23-13)12-19-16-7-3-14(4-8-16)15-5-9-17(10-6-15)20(21)22/h2-12H,1H3. The average Bonchev–Trinajstić information content (AvgIpc) is 2.99. The molecule has 0 spiro atoms. The molecule has 0 N–H and O–H groups in total. The van der Waals surface area contributed by atoms with E-state index >= 15 is 0 Å². The van der Waals surface area contributed by atoms with Crippen molar-refractivity contribution in [1.82, 2.24) is 0 Å². The normalized spacial score (nSPS) is 11.0. The van der Waals surface area contributed by atoms with Crippen molar-refractivity contribution in [2.45, 2.75) is 6.92 Å². The summed E-state index contributed by atoms with van der Waals surface area (Å²) in [7, 11) is 0. The van der Waals surface area contributed by atoms with Gasteiger partial charge in [0.05, 0.1) is 10.6 Å². The minimum atomic E-state index is -0.395. The van der Waals surface area contributed by atoms with Gasteiger partial charge < -0.3 is 0 Å². The summed E-state index contributed by atoms with van der Waals surface area (Å²) in [6, 6.07) is 18.5. The lowest BCUT2D eigenvalue weighted by molar-refractivity contribution is -0.384. The third kappa shape index (κ3) is 3.70. The third-order valence-electron chi connectivity index (χ3n) is 3.38. The molecule has 2 aromatic carbocycles. The number of benzene rings is 2. The number of aryl methyl sites for hydroxylation is 1. The molecule has 5 heteroatoms. The molecule has 0 saturated carbocycles. The number of thiophene rings is 1. The first-order chi connectivity index (χ1) is 11.1. The molecule has 114 valence electrons. The summed E-state index contributed by atoms with van der Waals surface area (Å²) >= 11 is 1.71. The van der Waals surface area contributed by atoms with Gasteiger partial charge >= 0.3 is 0 Å². The number of nitrogens with zero attached hydrogens (tertiary/aromatic N) is 2. The van der Waals surface area contributed by atoms with Crippen LogP contribution in [0.2, 0.25) is 0 Å². The van der Waals surface area contributed by atoms with Crippen LogP contribution in [0.1, 0.15) is 9.75 Å². The molecule has 3 rings (SSSR count). The molecule has 0 aliphatic rings. The van der Waals surface area contributed by atoms with Gasteiger partial charge in [-0.2, -0.15) is 0 Å². The zero-order valence-corrected chi connectivity index (χ0v) is 13.3. The number of rotatable bonds is 4. The van der Waals surface area contributed by atoms with Crippen LogP contribution in [-0.4, -0.2) is 11.1 Å². The predicted octanol–water partition coefficient (Wildman–Crippen LogP) is 5.38. The van der Waals surface area contributed by atoms with E-state index in [4.69, 9.17) is 0 Å². The highest BCUT2D eigenvalue weighted by molar-refractivity contribution is 7.13. The summed E-state index contributed by atoms with van der Waals surface area (Å²) in [5.74, 6) is 0. The van der Waals surface area contributed by atoms with E-state index < -0.39 is 4.92 Å². The molecule has 23 heavy (non-hydrogen) atoms. The fourth-order valence-electron chi connectivity index (χ4n) is 2.18. The molecule has 0 unspecified atom stereocenters. The Bertz CT molecular complexity index is 849. The van der Waals surface area contributed by atoms with Crippen molar-refractivity contribution in [1.29, 1.82) is 0 Å². The molecule has 0 saturated heterocycles. The first-order valence-corrected chi connectivity index (χ1v) is 7.89. The molecular formula is C18H14N2O2S. The Balaban J connectivity index is 1.76. The Hall–Kier alpha value is -2.79. The largest absolute Gasteiger partial charge is 0.269 e. The van der Waals surface area contributed by atoms with Crippen molar-refractivity contribution in [3.63, 3.8) is 0 Å². The molecule has 0 fully saturated rings. The van der Waals surface area contributed by atoms with E-state index in [1.165, 1.54) is 17.0 Å². The predicted molar refractivity (Wildman–Crippen MR) is 94.8 cm³/mol. The number of hydrogen-bond donors (Lipinski definition) is 0. The van der Waals surface area contributed by atoms with Gasteiger partial charge in [0, 0.05) is 28.1 Å². The highest BCUT2D eigenvalue weighted by Gasteiger charge is 2.05. The van der Waals surface area contributed by atoms with Crippen LogP contribution in [0, 0.1) is 17.0 Å². The Labute approximate surface area is 137 Å².